The zero-order chi connectivity index (χ0) is 21.8. The molecule has 0 aliphatic carbocycles. The third-order valence-electron chi connectivity index (χ3n) is 4.94. The summed E-state index contributed by atoms with van der Waals surface area (Å²) in [5.41, 5.74) is 1.29. The van der Waals surface area contributed by atoms with E-state index in [9.17, 15) is 24.6 Å². The Labute approximate surface area is 172 Å². The Morgan fingerprint density at radius 3 is 2.47 bits per heavy atom. The molecular formula is C21H22N2O7. The van der Waals surface area contributed by atoms with Gasteiger partial charge in [0.1, 0.15) is 17.9 Å². The monoisotopic (exact) mass is 414 g/mol. The standard InChI is InChI=1S/C21H22N2O7/c1-12-8-16(22-20(26)30-11-13-6-4-3-5-7-13)14-10-18(29-2)15(19(24)25)9-17(14)23(12)21(27)28/h3-7,9-10,12,16H,8,11H2,1-2H3,(H,22,26)(H,24,25)(H,27,28)/t12-,16+/m1/s1. The lowest BCUT2D eigenvalue weighted by Crippen LogP contribution is -2.46. The molecule has 9 nitrogen and oxygen atoms in total. The molecule has 0 saturated heterocycles. The molecule has 3 rings (SSSR count). The van der Waals surface area contributed by atoms with Gasteiger partial charge in [-0.15, -0.1) is 0 Å². The van der Waals surface area contributed by atoms with Gasteiger partial charge in [-0.2, -0.15) is 0 Å². The van der Waals surface area contributed by atoms with E-state index in [2.05, 4.69) is 5.32 Å². The molecule has 2 aromatic carbocycles. The summed E-state index contributed by atoms with van der Waals surface area (Å²) in [4.78, 5) is 36.8. The second-order valence-electron chi connectivity index (χ2n) is 6.91. The van der Waals surface area contributed by atoms with Crippen molar-refractivity contribution in [3.8, 4) is 5.75 Å². The quantitative estimate of drug-likeness (QED) is 0.682. The van der Waals surface area contributed by atoms with Gasteiger partial charge in [-0.1, -0.05) is 30.3 Å². The Morgan fingerprint density at radius 1 is 1.17 bits per heavy atom. The Morgan fingerprint density at radius 2 is 1.87 bits per heavy atom. The van der Waals surface area contributed by atoms with Crippen molar-refractivity contribution in [1.82, 2.24) is 5.32 Å². The lowest BCUT2D eigenvalue weighted by Gasteiger charge is -2.38. The minimum atomic E-state index is -1.25. The molecular weight excluding hydrogens is 392 g/mol. The largest absolute Gasteiger partial charge is 0.496 e. The second-order valence-corrected chi connectivity index (χ2v) is 6.91. The van der Waals surface area contributed by atoms with Crippen molar-refractivity contribution < 1.29 is 34.1 Å². The highest BCUT2D eigenvalue weighted by Crippen LogP contribution is 2.41. The molecule has 0 radical (unpaired) electrons. The number of nitrogens with one attached hydrogen (secondary N) is 1. The van der Waals surface area contributed by atoms with E-state index in [0.717, 1.165) is 10.5 Å². The molecule has 2 amide bonds. The summed E-state index contributed by atoms with van der Waals surface area (Å²) >= 11 is 0. The number of alkyl carbamates (subject to hydrolysis) is 1. The third kappa shape index (κ3) is 4.29. The summed E-state index contributed by atoms with van der Waals surface area (Å²) in [6, 6.07) is 10.8. The number of carbonyl (C=O) groups is 3. The molecule has 1 aliphatic heterocycles. The van der Waals surface area contributed by atoms with Crippen LogP contribution in [0, 0.1) is 0 Å². The van der Waals surface area contributed by atoms with Crippen LogP contribution in [-0.4, -0.2) is 41.5 Å². The SMILES string of the molecule is COc1cc2c(cc1C(=O)O)N(C(=O)O)[C@H](C)C[C@@H]2NC(=O)OCc1ccccc1. The van der Waals surface area contributed by atoms with Gasteiger partial charge in [-0.3, -0.25) is 4.90 Å². The van der Waals surface area contributed by atoms with Gasteiger partial charge in [-0.05, 0) is 31.0 Å². The minimum absolute atomic E-state index is 0.0746. The Kier molecular flexibility index (Phi) is 6.10. The number of rotatable bonds is 5. The number of anilines is 1. The number of nitrogens with zero attached hydrogens (tertiary/aromatic N) is 1. The summed E-state index contributed by atoms with van der Waals surface area (Å²) < 4.78 is 10.4. The van der Waals surface area contributed by atoms with Crippen molar-refractivity contribution in [1.29, 1.82) is 0 Å². The van der Waals surface area contributed by atoms with E-state index < -0.39 is 30.2 Å². The van der Waals surface area contributed by atoms with Crippen molar-refractivity contribution in [3.05, 3.63) is 59.2 Å². The van der Waals surface area contributed by atoms with Crippen LogP contribution in [0.5, 0.6) is 5.75 Å². The van der Waals surface area contributed by atoms with Gasteiger partial charge in [0.2, 0.25) is 0 Å². The number of amides is 2. The number of aromatic carboxylic acids is 1. The van der Waals surface area contributed by atoms with Crippen molar-refractivity contribution in [2.75, 3.05) is 12.0 Å². The van der Waals surface area contributed by atoms with Crippen LogP contribution < -0.4 is 15.0 Å². The fourth-order valence-electron chi connectivity index (χ4n) is 3.55. The third-order valence-corrected chi connectivity index (χ3v) is 4.94. The zero-order valence-electron chi connectivity index (χ0n) is 16.5. The van der Waals surface area contributed by atoms with Crippen LogP contribution in [0.25, 0.3) is 0 Å². The zero-order valence-corrected chi connectivity index (χ0v) is 16.5. The van der Waals surface area contributed by atoms with E-state index in [1.54, 1.807) is 6.92 Å². The first-order valence-corrected chi connectivity index (χ1v) is 9.26. The van der Waals surface area contributed by atoms with Gasteiger partial charge < -0.3 is 25.0 Å². The van der Waals surface area contributed by atoms with Crippen LogP contribution in [0.1, 0.15) is 40.9 Å². The number of carboxylic acid groups (broad SMARTS) is 2. The van der Waals surface area contributed by atoms with E-state index in [1.807, 2.05) is 30.3 Å². The fraction of sp³-hybridized carbons (Fsp3) is 0.286. The molecule has 0 fully saturated rings. The summed E-state index contributed by atoms with van der Waals surface area (Å²) in [7, 11) is 1.32. The van der Waals surface area contributed by atoms with E-state index in [-0.39, 0.29) is 30.0 Å². The number of hydrogen-bond donors (Lipinski definition) is 3. The van der Waals surface area contributed by atoms with Crippen LogP contribution in [0.2, 0.25) is 0 Å². The molecule has 0 aromatic heterocycles. The lowest BCUT2D eigenvalue weighted by atomic mass is 9.90. The molecule has 158 valence electrons. The number of methoxy groups -OCH3 is 1. The molecule has 0 unspecified atom stereocenters. The molecule has 2 aromatic rings. The highest BCUT2D eigenvalue weighted by molar-refractivity contribution is 5.96. The molecule has 1 aliphatic rings. The number of carbonyl (C=O) groups excluding carboxylic acids is 1. The van der Waals surface area contributed by atoms with Gasteiger partial charge in [0.25, 0.3) is 0 Å². The van der Waals surface area contributed by atoms with E-state index in [4.69, 9.17) is 9.47 Å². The summed E-state index contributed by atoms with van der Waals surface area (Å²) in [5.74, 6) is -1.17. The van der Waals surface area contributed by atoms with Crippen LogP contribution >= 0.6 is 0 Å². The fourth-order valence-corrected chi connectivity index (χ4v) is 3.55. The Balaban J connectivity index is 1.89. The number of fused-ring (bicyclic) bond motifs is 1. The Hall–Kier alpha value is -3.75. The number of ether oxygens (including phenoxy) is 2. The average Bonchev–Trinajstić information content (AvgIpc) is 2.71. The first-order valence-electron chi connectivity index (χ1n) is 9.26. The Bertz CT molecular complexity index is 961. The summed E-state index contributed by atoms with van der Waals surface area (Å²) in [6.45, 7) is 1.77. The molecule has 0 bridgehead atoms. The smallest absolute Gasteiger partial charge is 0.412 e. The topological polar surface area (TPSA) is 125 Å². The molecule has 0 saturated carbocycles. The first-order chi connectivity index (χ1) is 14.3. The second kappa shape index (κ2) is 8.73. The lowest BCUT2D eigenvalue weighted by molar-refractivity contribution is 0.0692. The van der Waals surface area contributed by atoms with E-state index in [0.29, 0.717) is 5.56 Å². The molecule has 9 heteroatoms. The maximum atomic E-state index is 12.4. The van der Waals surface area contributed by atoms with Gasteiger partial charge in [-0.25, -0.2) is 14.4 Å². The van der Waals surface area contributed by atoms with Gasteiger partial charge >= 0.3 is 18.2 Å². The number of benzene rings is 2. The van der Waals surface area contributed by atoms with Crippen molar-refractivity contribution in [2.45, 2.75) is 32.0 Å². The van der Waals surface area contributed by atoms with Gasteiger partial charge in [0, 0.05) is 11.6 Å². The maximum Gasteiger partial charge on any atom is 0.412 e. The molecule has 30 heavy (non-hydrogen) atoms. The maximum absolute atomic E-state index is 12.4. The number of hydrogen-bond acceptors (Lipinski definition) is 5. The van der Waals surface area contributed by atoms with Crippen LogP contribution in [0.15, 0.2) is 42.5 Å². The first kappa shape index (κ1) is 21.0. The van der Waals surface area contributed by atoms with E-state index >= 15 is 0 Å². The summed E-state index contributed by atoms with van der Waals surface area (Å²) in [5, 5.41) is 21.8. The number of carboxylic acids is 1. The van der Waals surface area contributed by atoms with Gasteiger partial charge in [0.15, 0.2) is 0 Å². The van der Waals surface area contributed by atoms with Crippen LogP contribution in [0.3, 0.4) is 0 Å². The molecule has 2 atom stereocenters. The highest BCUT2D eigenvalue weighted by atomic mass is 16.5. The van der Waals surface area contributed by atoms with Crippen molar-refractivity contribution >= 4 is 23.8 Å². The summed E-state index contributed by atoms with van der Waals surface area (Å²) in [6.07, 6.45) is -1.59. The van der Waals surface area contributed by atoms with Crippen LogP contribution in [-0.2, 0) is 11.3 Å². The predicted octanol–water partition coefficient (Wildman–Crippen LogP) is 3.64. The molecule has 1 heterocycles. The van der Waals surface area contributed by atoms with Crippen molar-refractivity contribution in [2.24, 2.45) is 0 Å². The molecule has 0 spiro atoms. The van der Waals surface area contributed by atoms with Gasteiger partial charge in [0.05, 0.1) is 18.8 Å². The van der Waals surface area contributed by atoms with Crippen LogP contribution in [0.4, 0.5) is 15.3 Å². The molecule has 3 N–H and O–H groups in total. The highest BCUT2D eigenvalue weighted by Gasteiger charge is 2.36. The average molecular weight is 414 g/mol. The normalized spacial score (nSPS) is 17.6. The predicted molar refractivity (Wildman–Crippen MR) is 107 cm³/mol. The van der Waals surface area contributed by atoms with E-state index in [1.165, 1.54) is 19.2 Å². The minimum Gasteiger partial charge on any atom is -0.496 e. The van der Waals surface area contributed by atoms with Crippen molar-refractivity contribution in [3.63, 3.8) is 0 Å².